The second-order valence-corrected chi connectivity index (χ2v) is 8.81. The van der Waals surface area contributed by atoms with Crippen LogP contribution < -0.4 is 22.5 Å². The molecule has 0 bridgehead atoms. The minimum Gasteiger partial charge on any atom is -0.397 e. The zero-order valence-corrected chi connectivity index (χ0v) is 20.4. The van der Waals surface area contributed by atoms with Crippen LogP contribution in [-0.4, -0.2) is 53.1 Å². The average molecular weight is 468 g/mol. The van der Waals surface area contributed by atoms with Gasteiger partial charge in [-0.3, -0.25) is 9.59 Å². The Labute approximate surface area is 201 Å². The standard InChI is InChI=1S/C26H37N5O3/c1-16(2)31(21(15-32)13-30-14-24(28)19-8-6-5-7-9-19)26(34)23(27)12-22-17(3)10-20(25(29)33)11-18(22)4/h5-11,14,16,21,23,30,32H,12-13,15,27-28H2,1-4H3,(H2,29,33)/b24-14-/t21-,23+/m1/s1. The predicted molar refractivity (Wildman–Crippen MR) is 136 cm³/mol. The second-order valence-electron chi connectivity index (χ2n) is 8.81. The molecule has 34 heavy (non-hydrogen) atoms. The van der Waals surface area contributed by atoms with Gasteiger partial charge in [-0.15, -0.1) is 0 Å². The molecular weight excluding hydrogens is 430 g/mol. The third-order valence-electron chi connectivity index (χ3n) is 5.85. The third-order valence-corrected chi connectivity index (χ3v) is 5.85. The molecule has 0 saturated heterocycles. The fraction of sp³-hybridized carbons (Fsp3) is 0.385. The smallest absolute Gasteiger partial charge is 0.248 e. The molecule has 0 unspecified atom stereocenters. The molecule has 2 rings (SSSR count). The number of benzene rings is 2. The van der Waals surface area contributed by atoms with Gasteiger partial charge in [0.1, 0.15) is 0 Å². The van der Waals surface area contributed by atoms with Gasteiger partial charge in [-0.1, -0.05) is 30.3 Å². The SMILES string of the molecule is Cc1cc(C(N)=O)cc(C)c1C[C@H](N)C(=O)N(C(C)C)[C@@H](CO)CN/C=C(\N)c1ccccc1. The van der Waals surface area contributed by atoms with E-state index in [2.05, 4.69) is 5.32 Å². The average Bonchev–Trinajstić information content (AvgIpc) is 2.80. The van der Waals surface area contributed by atoms with Gasteiger partial charge in [0.25, 0.3) is 0 Å². The summed E-state index contributed by atoms with van der Waals surface area (Å²) in [5.74, 6) is -0.752. The van der Waals surface area contributed by atoms with E-state index in [0.29, 0.717) is 24.2 Å². The molecule has 2 amide bonds. The van der Waals surface area contributed by atoms with E-state index in [1.807, 2.05) is 58.0 Å². The lowest BCUT2D eigenvalue weighted by molar-refractivity contribution is -0.137. The van der Waals surface area contributed by atoms with Crippen LogP contribution >= 0.6 is 0 Å². The summed E-state index contributed by atoms with van der Waals surface area (Å²) in [4.78, 5) is 26.5. The summed E-state index contributed by atoms with van der Waals surface area (Å²) >= 11 is 0. The molecule has 0 aliphatic heterocycles. The highest BCUT2D eigenvalue weighted by molar-refractivity contribution is 5.93. The van der Waals surface area contributed by atoms with Crippen LogP contribution in [0.1, 0.15) is 46.5 Å². The topological polar surface area (TPSA) is 148 Å². The quantitative estimate of drug-likeness (QED) is 0.338. The van der Waals surface area contributed by atoms with Crippen LogP contribution in [0.4, 0.5) is 0 Å². The van der Waals surface area contributed by atoms with Gasteiger partial charge in [-0.05, 0) is 68.5 Å². The van der Waals surface area contributed by atoms with E-state index in [-0.39, 0.29) is 18.6 Å². The van der Waals surface area contributed by atoms with E-state index >= 15 is 0 Å². The Morgan fingerprint density at radius 3 is 2.15 bits per heavy atom. The normalized spacial score (nSPS) is 13.4. The van der Waals surface area contributed by atoms with Crippen molar-refractivity contribution in [1.29, 1.82) is 0 Å². The maximum atomic E-state index is 13.4. The number of rotatable bonds is 11. The van der Waals surface area contributed by atoms with Crippen molar-refractivity contribution in [2.45, 2.75) is 52.2 Å². The molecule has 0 radical (unpaired) electrons. The first-order chi connectivity index (χ1) is 16.1. The van der Waals surface area contributed by atoms with Gasteiger partial charge in [-0.25, -0.2) is 0 Å². The molecule has 0 spiro atoms. The molecule has 0 aliphatic rings. The number of primary amides is 1. The molecule has 0 fully saturated rings. The lowest BCUT2D eigenvalue weighted by Gasteiger charge is -2.36. The number of hydrogen-bond acceptors (Lipinski definition) is 6. The van der Waals surface area contributed by atoms with Crippen LogP contribution in [0, 0.1) is 13.8 Å². The summed E-state index contributed by atoms with van der Waals surface area (Å²) in [5.41, 5.74) is 22.4. The zero-order valence-electron chi connectivity index (χ0n) is 20.4. The molecule has 2 aromatic carbocycles. The van der Waals surface area contributed by atoms with Gasteiger partial charge < -0.3 is 32.5 Å². The number of carbonyl (C=O) groups is 2. The first-order valence-electron chi connectivity index (χ1n) is 11.4. The molecule has 2 aromatic rings. The molecule has 8 nitrogen and oxygen atoms in total. The van der Waals surface area contributed by atoms with Gasteiger partial charge in [0.05, 0.1) is 24.4 Å². The predicted octanol–water partition coefficient (Wildman–Crippen LogP) is 1.42. The molecule has 0 saturated carbocycles. The monoisotopic (exact) mass is 467 g/mol. The maximum absolute atomic E-state index is 13.4. The van der Waals surface area contributed by atoms with Crippen LogP contribution in [0.5, 0.6) is 0 Å². The van der Waals surface area contributed by atoms with Crippen molar-refractivity contribution in [2.75, 3.05) is 13.2 Å². The van der Waals surface area contributed by atoms with E-state index < -0.39 is 18.0 Å². The molecule has 2 atom stereocenters. The number of nitrogens with one attached hydrogen (secondary N) is 1. The second kappa shape index (κ2) is 12.2. The van der Waals surface area contributed by atoms with Gasteiger partial charge in [0, 0.05) is 24.4 Å². The van der Waals surface area contributed by atoms with Crippen molar-refractivity contribution in [3.63, 3.8) is 0 Å². The van der Waals surface area contributed by atoms with E-state index in [1.54, 1.807) is 23.2 Å². The number of aryl methyl sites for hydroxylation is 2. The van der Waals surface area contributed by atoms with Gasteiger partial charge in [0.15, 0.2) is 0 Å². The fourth-order valence-electron chi connectivity index (χ4n) is 4.08. The van der Waals surface area contributed by atoms with E-state index in [1.165, 1.54) is 0 Å². The number of nitrogens with two attached hydrogens (primary N) is 3. The van der Waals surface area contributed by atoms with Crippen LogP contribution in [-0.2, 0) is 11.2 Å². The lowest BCUT2D eigenvalue weighted by Crippen LogP contribution is -2.56. The molecule has 0 heterocycles. The Kier molecular flexibility index (Phi) is 9.65. The van der Waals surface area contributed by atoms with E-state index in [0.717, 1.165) is 22.3 Å². The summed E-state index contributed by atoms with van der Waals surface area (Å²) in [6.45, 7) is 7.60. The molecule has 0 aromatic heterocycles. The largest absolute Gasteiger partial charge is 0.397 e. The molecule has 8 N–H and O–H groups in total. The highest BCUT2D eigenvalue weighted by atomic mass is 16.3. The Balaban J connectivity index is 2.14. The number of hydrogen-bond donors (Lipinski definition) is 5. The number of carbonyl (C=O) groups excluding carboxylic acids is 2. The van der Waals surface area contributed by atoms with E-state index in [4.69, 9.17) is 17.2 Å². The highest BCUT2D eigenvalue weighted by Gasteiger charge is 2.30. The van der Waals surface area contributed by atoms with Crippen LogP contribution in [0.2, 0.25) is 0 Å². The Morgan fingerprint density at radius 2 is 1.65 bits per heavy atom. The van der Waals surface area contributed by atoms with E-state index in [9.17, 15) is 14.7 Å². The summed E-state index contributed by atoms with van der Waals surface area (Å²) in [6, 6.07) is 11.5. The molecule has 0 aliphatic carbocycles. The van der Waals surface area contributed by atoms with Crippen LogP contribution in [0.25, 0.3) is 5.70 Å². The van der Waals surface area contributed by atoms with Crippen molar-refractivity contribution in [3.8, 4) is 0 Å². The minimum absolute atomic E-state index is 0.174. The van der Waals surface area contributed by atoms with Crippen molar-refractivity contribution < 1.29 is 14.7 Å². The Morgan fingerprint density at radius 1 is 1.06 bits per heavy atom. The lowest BCUT2D eigenvalue weighted by atomic mass is 9.93. The van der Waals surface area contributed by atoms with Gasteiger partial charge in [0.2, 0.25) is 11.8 Å². The first kappa shape index (κ1) is 26.9. The molecule has 8 heteroatoms. The first-order valence-corrected chi connectivity index (χ1v) is 11.4. The number of aliphatic hydroxyl groups is 1. The number of amides is 2. The van der Waals surface area contributed by atoms with Crippen molar-refractivity contribution >= 4 is 17.5 Å². The summed E-state index contributed by atoms with van der Waals surface area (Å²) in [7, 11) is 0. The highest BCUT2D eigenvalue weighted by Crippen LogP contribution is 2.19. The number of aliphatic hydroxyl groups excluding tert-OH is 1. The third kappa shape index (κ3) is 6.82. The van der Waals surface area contributed by atoms with Crippen molar-refractivity contribution in [2.24, 2.45) is 17.2 Å². The zero-order chi connectivity index (χ0) is 25.4. The summed E-state index contributed by atoms with van der Waals surface area (Å²) in [5, 5.41) is 13.2. The van der Waals surface area contributed by atoms with Crippen molar-refractivity contribution in [1.82, 2.24) is 10.2 Å². The van der Waals surface area contributed by atoms with Gasteiger partial charge >= 0.3 is 0 Å². The summed E-state index contributed by atoms with van der Waals surface area (Å²) in [6.07, 6.45) is 1.99. The Hall–Kier alpha value is -3.36. The molecule has 184 valence electrons. The van der Waals surface area contributed by atoms with Gasteiger partial charge in [-0.2, -0.15) is 0 Å². The van der Waals surface area contributed by atoms with Crippen LogP contribution in [0.3, 0.4) is 0 Å². The maximum Gasteiger partial charge on any atom is 0.248 e. The van der Waals surface area contributed by atoms with Crippen molar-refractivity contribution in [3.05, 3.63) is 76.5 Å². The van der Waals surface area contributed by atoms with Crippen LogP contribution in [0.15, 0.2) is 48.7 Å². The fourth-order valence-corrected chi connectivity index (χ4v) is 4.08. The summed E-state index contributed by atoms with van der Waals surface area (Å²) < 4.78 is 0. The molecular formula is C26H37N5O3. The Bertz CT molecular complexity index is 997. The number of nitrogens with zero attached hydrogens (tertiary/aromatic N) is 1. The minimum atomic E-state index is -0.807.